The molecule has 3 heterocycles. The molecule has 1 atom stereocenters. The maximum atomic E-state index is 11.0. The van der Waals surface area contributed by atoms with E-state index in [0.29, 0.717) is 11.7 Å². The lowest BCUT2D eigenvalue weighted by molar-refractivity contribution is 0.0697. The molecule has 1 saturated heterocycles. The first-order chi connectivity index (χ1) is 9.56. The molecular weight excluding hydrogens is 256 g/mol. The number of nitrogens with zero attached hydrogens (tertiary/aromatic N) is 4. The Kier molecular flexibility index (Phi) is 3.17. The van der Waals surface area contributed by atoms with Gasteiger partial charge < -0.3 is 5.11 Å². The normalized spacial score (nSPS) is 20.1. The van der Waals surface area contributed by atoms with Crippen molar-refractivity contribution in [1.82, 2.24) is 19.5 Å². The van der Waals surface area contributed by atoms with E-state index in [2.05, 4.69) is 28.8 Å². The number of carboxylic acids is 1. The second kappa shape index (κ2) is 4.86. The summed E-state index contributed by atoms with van der Waals surface area (Å²) in [5, 5.41) is 13.5. The minimum Gasteiger partial charge on any atom is -0.478 e. The van der Waals surface area contributed by atoms with E-state index in [-0.39, 0.29) is 11.6 Å². The number of pyridine rings is 1. The molecule has 0 aliphatic carbocycles. The summed E-state index contributed by atoms with van der Waals surface area (Å²) >= 11 is 0. The summed E-state index contributed by atoms with van der Waals surface area (Å²) < 4.78 is 1.65. The molecule has 106 valence electrons. The number of hydrogen-bond acceptors (Lipinski definition) is 4. The molecule has 2 aromatic rings. The predicted molar refractivity (Wildman–Crippen MR) is 73.8 cm³/mol. The van der Waals surface area contributed by atoms with Crippen molar-refractivity contribution in [3.63, 3.8) is 0 Å². The fourth-order valence-corrected chi connectivity index (χ4v) is 2.86. The average molecular weight is 274 g/mol. The smallest absolute Gasteiger partial charge is 0.335 e. The van der Waals surface area contributed by atoms with Gasteiger partial charge >= 0.3 is 5.97 Å². The van der Waals surface area contributed by atoms with Gasteiger partial charge in [0.05, 0.1) is 11.6 Å². The topological polar surface area (TPSA) is 70.7 Å². The van der Waals surface area contributed by atoms with Crippen LogP contribution in [-0.2, 0) is 0 Å². The molecule has 3 rings (SSSR count). The maximum absolute atomic E-state index is 11.0. The molecule has 6 heteroatoms. The summed E-state index contributed by atoms with van der Waals surface area (Å²) in [4.78, 5) is 17.9. The second-order valence-corrected chi connectivity index (χ2v) is 5.48. The third-order valence-electron chi connectivity index (χ3n) is 3.86. The molecule has 6 nitrogen and oxygen atoms in total. The van der Waals surface area contributed by atoms with Gasteiger partial charge in [-0.1, -0.05) is 0 Å². The van der Waals surface area contributed by atoms with E-state index in [1.54, 1.807) is 22.8 Å². The van der Waals surface area contributed by atoms with Gasteiger partial charge in [-0.15, -0.1) is 5.10 Å². The second-order valence-electron chi connectivity index (χ2n) is 5.48. The summed E-state index contributed by atoms with van der Waals surface area (Å²) in [6.45, 7) is 5.42. The van der Waals surface area contributed by atoms with E-state index in [1.807, 2.05) is 0 Å². The lowest BCUT2D eigenvalue weighted by Gasteiger charge is -2.25. The van der Waals surface area contributed by atoms with Crippen molar-refractivity contribution in [3.8, 4) is 0 Å². The van der Waals surface area contributed by atoms with Gasteiger partial charge in [0.15, 0.2) is 11.5 Å². The van der Waals surface area contributed by atoms with E-state index in [1.165, 1.54) is 0 Å². The van der Waals surface area contributed by atoms with Gasteiger partial charge in [-0.3, -0.25) is 4.90 Å². The first kappa shape index (κ1) is 13.1. The lowest BCUT2D eigenvalue weighted by Crippen LogP contribution is -2.30. The van der Waals surface area contributed by atoms with Crippen molar-refractivity contribution in [3.05, 3.63) is 29.7 Å². The fraction of sp³-hybridized carbons (Fsp3) is 0.500. The summed E-state index contributed by atoms with van der Waals surface area (Å²) in [5.41, 5.74) is 0.832. The molecular formula is C14H18N4O2. The Hall–Kier alpha value is -1.95. The number of fused-ring (bicyclic) bond motifs is 1. The molecule has 0 saturated carbocycles. The van der Waals surface area contributed by atoms with Crippen LogP contribution in [0, 0.1) is 0 Å². The summed E-state index contributed by atoms with van der Waals surface area (Å²) in [7, 11) is 0. The van der Waals surface area contributed by atoms with E-state index in [9.17, 15) is 4.79 Å². The van der Waals surface area contributed by atoms with E-state index in [0.717, 1.165) is 25.2 Å². The zero-order valence-corrected chi connectivity index (χ0v) is 11.7. The minimum atomic E-state index is -0.943. The molecule has 0 aromatic carbocycles. The number of aromatic nitrogens is 3. The number of carboxylic acid groups (broad SMARTS) is 1. The van der Waals surface area contributed by atoms with Crippen molar-refractivity contribution >= 4 is 11.6 Å². The van der Waals surface area contributed by atoms with Gasteiger partial charge in [-0.25, -0.2) is 14.3 Å². The van der Waals surface area contributed by atoms with Crippen LogP contribution in [0.1, 0.15) is 48.9 Å². The molecule has 1 aliphatic rings. The van der Waals surface area contributed by atoms with E-state index >= 15 is 0 Å². The highest BCUT2D eigenvalue weighted by Crippen LogP contribution is 2.31. The van der Waals surface area contributed by atoms with Gasteiger partial charge in [0, 0.05) is 12.2 Å². The zero-order valence-electron chi connectivity index (χ0n) is 11.7. The molecule has 0 radical (unpaired) electrons. The van der Waals surface area contributed by atoms with Gasteiger partial charge in [0.1, 0.15) is 0 Å². The summed E-state index contributed by atoms with van der Waals surface area (Å²) in [5.74, 6) is -0.152. The first-order valence-electron chi connectivity index (χ1n) is 6.91. The Balaban J connectivity index is 1.98. The highest BCUT2D eigenvalue weighted by molar-refractivity contribution is 5.88. The average Bonchev–Trinajstić information content (AvgIpc) is 3.03. The van der Waals surface area contributed by atoms with Gasteiger partial charge in [-0.05, 0) is 45.4 Å². The van der Waals surface area contributed by atoms with E-state index < -0.39 is 5.97 Å². The molecule has 2 aromatic heterocycles. The molecule has 1 fully saturated rings. The number of aromatic carboxylic acids is 1. The molecule has 20 heavy (non-hydrogen) atoms. The van der Waals surface area contributed by atoms with Crippen LogP contribution in [0.25, 0.3) is 5.65 Å². The van der Waals surface area contributed by atoms with Crippen LogP contribution in [0.3, 0.4) is 0 Å². The number of carbonyl (C=O) groups is 1. The van der Waals surface area contributed by atoms with Crippen LogP contribution in [0.4, 0.5) is 0 Å². The lowest BCUT2D eigenvalue weighted by atomic mass is 10.2. The van der Waals surface area contributed by atoms with Crippen LogP contribution < -0.4 is 0 Å². The number of likely N-dealkylation sites (tertiary alicyclic amines) is 1. The maximum Gasteiger partial charge on any atom is 0.335 e. The van der Waals surface area contributed by atoms with Crippen LogP contribution in [0.2, 0.25) is 0 Å². The van der Waals surface area contributed by atoms with Crippen molar-refractivity contribution < 1.29 is 9.90 Å². The SMILES string of the molecule is CC(C)N1CCCC1c1nc2cc(C(=O)O)ccn2n1. The molecule has 1 aliphatic heterocycles. The number of rotatable bonds is 3. The van der Waals surface area contributed by atoms with Gasteiger partial charge in [-0.2, -0.15) is 0 Å². The van der Waals surface area contributed by atoms with Crippen molar-refractivity contribution in [2.75, 3.05) is 6.54 Å². The third-order valence-corrected chi connectivity index (χ3v) is 3.86. The molecule has 1 N–H and O–H groups in total. The number of hydrogen-bond donors (Lipinski definition) is 1. The molecule has 0 bridgehead atoms. The Morgan fingerprint density at radius 1 is 1.50 bits per heavy atom. The molecule has 0 spiro atoms. The Bertz CT molecular complexity index is 650. The summed E-state index contributed by atoms with van der Waals surface area (Å²) in [6.07, 6.45) is 3.86. The van der Waals surface area contributed by atoms with Gasteiger partial charge in [0.2, 0.25) is 0 Å². The van der Waals surface area contributed by atoms with Crippen molar-refractivity contribution in [2.24, 2.45) is 0 Å². The fourth-order valence-electron chi connectivity index (χ4n) is 2.86. The summed E-state index contributed by atoms with van der Waals surface area (Å²) in [6, 6.07) is 3.81. The van der Waals surface area contributed by atoms with Crippen LogP contribution in [0.15, 0.2) is 18.3 Å². The zero-order chi connectivity index (χ0) is 14.3. The van der Waals surface area contributed by atoms with Crippen LogP contribution >= 0.6 is 0 Å². The predicted octanol–water partition coefficient (Wildman–Crippen LogP) is 1.97. The van der Waals surface area contributed by atoms with Crippen LogP contribution in [-0.4, -0.2) is 43.2 Å². The van der Waals surface area contributed by atoms with Crippen LogP contribution in [0.5, 0.6) is 0 Å². The minimum absolute atomic E-state index is 0.239. The monoisotopic (exact) mass is 274 g/mol. The Labute approximate surface area is 117 Å². The molecule has 0 amide bonds. The highest BCUT2D eigenvalue weighted by Gasteiger charge is 2.30. The van der Waals surface area contributed by atoms with E-state index in [4.69, 9.17) is 5.11 Å². The third kappa shape index (κ3) is 2.16. The quantitative estimate of drug-likeness (QED) is 0.926. The standard InChI is InChI=1S/C14H18N4O2/c1-9(2)17-6-3-4-11(17)13-15-12-8-10(14(19)20)5-7-18(12)16-13/h5,7-9,11H,3-4,6H2,1-2H3,(H,19,20). The molecule has 1 unspecified atom stereocenters. The van der Waals surface area contributed by atoms with Crippen molar-refractivity contribution in [2.45, 2.75) is 38.8 Å². The van der Waals surface area contributed by atoms with Gasteiger partial charge in [0.25, 0.3) is 0 Å². The Morgan fingerprint density at radius 2 is 2.30 bits per heavy atom. The Morgan fingerprint density at radius 3 is 3.00 bits per heavy atom. The highest BCUT2D eigenvalue weighted by atomic mass is 16.4. The largest absolute Gasteiger partial charge is 0.478 e. The first-order valence-corrected chi connectivity index (χ1v) is 6.91. The van der Waals surface area contributed by atoms with Crippen molar-refractivity contribution in [1.29, 1.82) is 0 Å².